The lowest BCUT2D eigenvalue weighted by molar-refractivity contribution is -0.141. The Morgan fingerprint density at radius 3 is 2.67 bits per heavy atom. The summed E-state index contributed by atoms with van der Waals surface area (Å²) in [5.74, 6) is -0.668. The van der Waals surface area contributed by atoms with Crippen molar-refractivity contribution in [3.05, 3.63) is 24.3 Å². The normalized spacial score (nSPS) is 25.5. The van der Waals surface area contributed by atoms with Gasteiger partial charge in [-0.1, -0.05) is 12.1 Å². The molecule has 21 heavy (non-hydrogen) atoms. The van der Waals surface area contributed by atoms with Crippen LogP contribution in [0.15, 0.2) is 24.3 Å². The van der Waals surface area contributed by atoms with Gasteiger partial charge in [0.05, 0.1) is 18.0 Å². The third kappa shape index (κ3) is 2.83. The Balaban J connectivity index is 2.47. The van der Waals surface area contributed by atoms with Gasteiger partial charge in [-0.15, -0.1) is 0 Å². The lowest BCUT2D eigenvalue weighted by Gasteiger charge is -2.32. The molecule has 0 spiro atoms. The van der Waals surface area contributed by atoms with Crippen LogP contribution >= 0.6 is 0 Å². The van der Waals surface area contributed by atoms with Gasteiger partial charge in [0, 0.05) is 6.26 Å². The third-order valence-electron chi connectivity index (χ3n) is 3.95. The van der Waals surface area contributed by atoms with Gasteiger partial charge in [-0.25, -0.2) is 13.2 Å². The molecule has 1 aromatic carbocycles. The number of carboxylic acid groups (broad SMARTS) is 1. The van der Waals surface area contributed by atoms with Gasteiger partial charge in [-0.2, -0.15) is 0 Å². The molecule has 1 fully saturated rings. The molecule has 0 amide bonds. The number of benzene rings is 1. The van der Waals surface area contributed by atoms with Crippen LogP contribution in [-0.2, 0) is 14.6 Å². The average molecular weight is 313 g/mol. The van der Waals surface area contributed by atoms with Gasteiger partial charge >= 0.3 is 5.97 Å². The molecule has 1 aliphatic carbocycles. The van der Waals surface area contributed by atoms with Crippen molar-refractivity contribution in [1.82, 2.24) is 0 Å². The van der Waals surface area contributed by atoms with E-state index in [1.807, 2.05) is 0 Å². The molecular weight excluding hydrogens is 294 g/mol. The second-order valence-corrected chi connectivity index (χ2v) is 7.54. The van der Waals surface area contributed by atoms with E-state index < -0.39 is 26.6 Å². The van der Waals surface area contributed by atoms with Crippen LogP contribution in [0.5, 0.6) is 5.75 Å². The molecule has 2 atom stereocenters. The van der Waals surface area contributed by atoms with E-state index in [0.29, 0.717) is 24.3 Å². The summed E-state index contributed by atoms with van der Waals surface area (Å²) < 4.78 is 29.1. The first kappa shape index (κ1) is 15.6. The molecular formula is C14H19NO5S. The van der Waals surface area contributed by atoms with E-state index in [9.17, 15) is 18.3 Å². The van der Waals surface area contributed by atoms with Crippen molar-refractivity contribution in [3.8, 4) is 5.75 Å². The monoisotopic (exact) mass is 313 g/mol. The van der Waals surface area contributed by atoms with Crippen LogP contribution in [0, 0.1) is 0 Å². The molecule has 1 aromatic rings. The molecule has 0 saturated heterocycles. The highest BCUT2D eigenvalue weighted by Gasteiger charge is 2.54. The maximum atomic E-state index is 12.0. The molecule has 1 saturated carbocycles. The number of ether oxygens (including phenoxy) is 1. The Kier molecular flexibility index (Phi) is 4.13. The Morgan fingerprint density at radius 2 is 2.10 bits per heavy atom. The minimum atomic E-state index is -3.48. The second-order valence-electron chi connectivity index (χ2n) is 5.31. The highest BCUT2D eigenvalue weighted by Crippen LogP contribution is 2.39. The highest BCUT2D eigenvalue weighted by molar-refractivity contribution is 7.91. The van der Waals surface area contributed by atoms with Crippen molar-refractivity contribution in [2.45, 2.75) is 30.1 Å². The molecule has 2 rings (SSSR count). The topological polar surface area (TPSA) is 92.7 Å². The lowest BCUT2D eigenvalue weighted by atomic mass is 9.96. The number of carbonyl (C=O) groups is 1. The molecule has 7 heteroatoms. The van der Waals surface area contributed by atoms with Crippen LogP contribution in [0.25, 0.3) is 0 Å². The van der Waals surface area contributed by atoms with E-state index in [4.69, 9.17) is 4.74 Å². The van der Waals surface area contributed by atoms with Crippen molar-refractivity contribution in [2.75, 3.05) is 18.7 Å². The standard InChI is InChI=1S/C14H19NO5S/c1-20-11-7-4-3-6-10(11)15-14(13(16)17)9-5-8-12(14)21(2,18)19/h3-4,6-7,12,15H,5,8-9H2,1-2H3,(H,16,17). The molecule has 1 aliphatic rings. The first-order valence-electron chi connectivity index (χ1n) is 6.65. The summed E-state index contributed by atoms with van der Waals surface area (Å²) in [5, 5.41) is 11.6. The fourth-order valence-electron chi connectivity index (χ4n) is 2.98. The SMILES string of the molecule is COc1ccccc1NC1(C(=O)O)CCCC1S(C)(=O)=O. The van der Waals surface area contributed by atoms with E-state index in [-0.39, 0.29) is 6.42 Å². The molecule has 2 unspecified atom stereocenters. The third-order valence-corrected chi connectivity index (χ3v) is 5.62. The molecule has 0 aliphatic heterocycles. The largest absolute Gasteiger partial charge is 0.495 e. The Bertz CT molecular complexity index is 643. The number of carboxylic acids is 1. The summed E-state index contributed by atoms with van der Waals surface area (Å²) in [6.07, 6.45) is 2.24. The number of methoxy groups -OCH3 is 1. The first-order valence-corrected chi connectivity index (χ1v) is 8.60. The Hall–Kier alpha value is -1.76. The van der Waals surface area contributed by atoms with Crippen molar-refractivity contribution < 1.29 is 23.1 Å². The van der Waals surface area contributed by atoms with Gasteiger partial charge in [-0.3, -0.25) is 0 Å². The average Bonchev–Trinajstić information content (AvgIpc) is 2.84. The number of hydrogen-bond donors (Lipinski definition) is 2. The molecule has 0 aromatic heterocycles. The van der Waals surface area contributed by atoms with Crippen LogP contribution in [0.1, 0.15) is 19.3 Å². The van der Waals surface area contributed by atoms with E-state index >= 15 is 0 Å². The van der Waals surface area contributed by atoms with Gasteiger partial charge in [0.15, 0.2) is 15.4 Å². The predicted molar refractivity (Wildman–Crippen MR) is 79.5 cm³/mol. The number of para-hydroxylation sites is 2. The summed E-state index contributed by atoms with van der Waals surface area (Å²) in [7, 11) is -2.00. The Labute approximate surface area is 124 Å². The quantitative estimate of drug-likeness (QED) is 0.856. The van der Waals surface area contributed by atoms with Crippen LogP contribution in [0.2, 0.25) is 0 Å². The number of anilines is 1. The van der Waals surface area contributed by atoms with E-state index in [0.717, 1.165) is 6.26 Å². The van der Waals surface area contributed by atoms with Crippen molar-refractivity contribution in [2.24, 2.45) is 0 Å². The van der Waals surface area contributed by atoms with Crippen LogP contribution < -0.4 is 10.1 Å². The van der Waals surface area contributed by atoms with Crippen LogP contribution in [-0.4, -0.2) is 43.6 Å². The maximum Gasteiger partial charge on any atom is 0.330 e. The van der Waals surface area contributed by atoms with Gasteiger partial charge in [0.1, 0.15) is 5.75 Å². The number of hydrogen-bond acceptors (Lipinski definition) is 5. The molecule has 6 nitrogen and oxygen atoms in total. The van der Waals surface area contributed by atoms with Crippen molar-refractivity contribution in [1.29, 1.82) is 0 Å². The smallest absolute Gasteiger partial charge is 0.330 e. The molecule has 2 N–H and O–H groups in total. The number of rotatable bonds is 5. The van der Waals surface area contributed by atoms with Crippen molar-refractivity contribution >= 4 is 21.5 Å². The zero-order valence-corrected chi connectivity index (χ0v) is 12.8. The fraction of sp³-hybridized carbons (Fsp3) is 0.500. The summed E-state index contributed by atoms with van der Waals surface area (Å²) in [6, 6.07) is 6.88. The summed E-state index contributed by atoms with van der Waals surface area (Å²) in [6.45, 7) is 0. The second kappa shape index (κ2) is 5.55. The minimum absolute atomic E-state index is 0.262. The van der Waals surface area contributed by atoms with Crippen LogP contribution in [0.3, 0.4) is 0 Å². The van der Waals surface area contributed by atoms with E-state index in [1.54, 1.807) is 24.3 Å². The van der Waals surface area contributed by atoms with Crippen LogP contribution in [0.4, 0.5) is 5.69 Å². The van der Waals surface area contributed by atoms with Gasteiger partial charge in [0.2, 0.25) is 0 Å². The molecule has 0 heterocycles. The van der Waals surface area contributed by atoms with E-state index in [2.05, 4.69) is 5.32 Å². The molecule has 0 radical (unpaired) electrons. The lowest BCUT2D eigenvalue weighted by Crippen LogP contribution is -2.55. The minimum Gasteiger partial charge on any atom is -0.495 e. The van der Waals surface area contributed by atoms with E-state index in [1.165, 1.54) is 7.11 Å². The summed E-state index contributed by atoms with van der Waals surface area (Å²) in [4.78, 5) is 11.8. The van der Waals surface area contributed by atoms with Gasteiger partial charge in [-0.05, 0) is 31.4 Å². The predicted octanol–water partition coefficient (Wildman–Crippen LogP) is 1.53. The highest BCUT2D eigenvalue weighted by atomic mass is 32.2. The number of nitrogens with one attached hydrogen (secondary N) is 1. The fourth-order valence-corrected chi connectivity index (χ4v) is 4.59. The summed E-state index contributed by atoms with van der Waals surface area (Å²) in [5.41, 5.74) is -1.03. The van der Waals surface area contributed by atoms with Crippen molar-refractivity contribution in [3.63, 3.8) is 0 Å². The number of aliphatic carboxylic acids is 1. The summed E-state index contributed by atoms with van der Waals surface area (Å²) >= 11 is 0. The zero-order chi connectivity index (χ0) is 15.7. The molecule has 116 valence electrons. The first-order chi connectivity index (χ1) is 9.81. The van der Waals surface area contributed by atoms with Gasteiger partial charge < -0.3 is 15.2 Å². The molecule has 0 bridgehead atoms. The number of sulfone groups is 1. The maximum absolute atomic E-state index is 12.0. The Morgan fingerprint density at radius 1 is 1.43 bits per heavy atom. The zero-order valence-electron chi connectivity index (χ0n) is 12.0. The van der Waals surface area contributed by atoms with Gasteiger partial charge in [0.25, 0.3) is 0 Å².